The molecular formula is C19H28Br4O3Si. The Morgan fingerprint density at radius 2 is 1.67 bits per heavy atom. The molecule has 1 aromatic carbocycles. The lowest BCUT2D eigenvalue weighted by molar-refractivity contribution is -0.145. The number of carbonyl (C=O) groups is 1. The number of esters is 1. The predicted molar refractivity (Wildman–Crippen MR) is 130 cm³/mol. The van der Waals surface area contributed by atoms with Gasteiger partial charge in [0.15, 0.2) is 10.5 Å². The molecule has 0 N–H and O–H groups in total. The summed E-state index contributed by atoms with van der Waals surface area (Å²) in [6.45, 7) is 11.0. The van der Waals surface area contributed by atoms with E-state index in [1.165, 1.54) is 0 Å². The van der Waals surface area contributed by atoms with Gasteiger partial charge in [-0.05, 0) is 70.4 Å². The monoisotopic (exact) mass is 648 g/mol. The van der Waals surface area contributed by atoms with Crippen molar-refractivity contribution in [2.24, 2.45) is 0 Å². The Hall–Kier alpha value is 0.787. The van der Waals surface area contributed by atoms with Crippen molar-refractivity contribution < 1.29 is 14.0 Å². The van der Waals surface area contributed by atoms with Crippen LogP contribution >= 0.6 is 63.7 Å². The van der Waals surface area contributed by atoms with Crippen molar-refractivity contribution in [1.82, 2.24) is 0 Å². The van der Waals surface area contributed by atoms with Crippen molar-refractivity contribution in [3.8, 4) is 0 Å². The molecule has 0 unspecified atom stereocenters. The lowest BCUT2D eigenvalue weighted by Gasteiger charge is -2.33. The van der Waals surface area contributed by atoms with Gasteiger partial charge in [0, 0.05) is 4.47 Å². The molecular weight excluding hydrogens is 624 g/mol. The zero-order valence-electron chi connectivity index (χ0n) is 16.5. The first-order chi connectivity index (χ1) is 12.2. The van der Waals surface area contributed by atoms with Gasteiger partial charge in [-0.3, -0.25) is 4.79 Å². The molecule has 0 heterocycles. The van der Waals surface area contributed by atoms with Gasteiger partial charge in [0.25, 0.3) is 0 Å². The van der Waals surface area contributed by atoms with Crippen LogP contribution in [0.25, 0.3) is 0 Å². The third kappa shape index (κ3) is 11.5. The highest BCUT2D eigenvalue weighted by atomic mass is 80.0. The highest BCUT2D eigenvalue weighted by Crippen LogP contribution is 2.35. The minimum atomic E-state index is -1.61. The molecule has 0 saturated heterocycles. The Morgan fingerprint density at radius 1 is 1.11 bits per heavy atom. The highest BCUT2D eigenvalue weighted by molar-refractivity contribution is 9.39. The normalized spacial score (nSPS) is 14.1. The molecule has 0 aliphatic carbocycles. The van der Waals surface area contributed by atoms with Crippen molar-refractivity contribution in [3.05, 3.63) is 34.3 Å². The Labute approximate surface area is 198 Å². The standard InChI is InChI=1S/C19H28Br4O3Si/c1-18(2,26-27(3,4)5)12-6-7-16(14-8-10-15(20)11-9-14)17(24)25-13-19(21,22)23/h8-11,16H,6-7,12-13H2,1-5H3/t16-/m0/s1. The van der Waals surface area contributed by atoms with Gasteiger partial charge in [0.1, 0.15) is 6.61 Å². The van der Waals surface area contributed by atoms with Crippen LogP contribution < -0.4 is 0 Å². The maximum Gasteiger partial charge on any atom is 0.313 e. The Balaban J connectivity index is 2.80. The van der Waals surface area contributed by atoms with Crippen LogP contribution in [-0.2, 0) is 14.0 Å². The van der Waals surface area contributed by atoms with Gasteiger partial charge >= 0.3 is 5.97 Å². The van der Waals surface area contributed by atoms with E-state index in [2.05, 4.69) is 97.2 Å². The number of halogens is 4. The summed E-state index contributed by atoms with van der Waals surface area (Å²) in [5.41, 5.74) is 0.784. The number of carbonyl (C=O) groups excluding carboxylic acids is 1. The number of hydrogen-bond acceptors (Lipinski definition) is 3. The fourth-order valence-corrected chi connectivity index (χ4v) is 5.35. The molecule has 1 atom stereocenters. The second-order valence-electron chi connectivity index (χ2n) is 8.19. The summed E-state index contributed by atoms with van der Waals surface area (Å²) >= 11 is 13.5. The van der Waals surface area contributed by atoms with E-state index in [1.807, 2.05) is 24.3 Å². The van der Waals surface area contributed by atoms with E-state index in [-0.39, 0.29) is 24.1 Å². The van der Waals surface area contributed by atoms with Crippen LogP contribution in [0.3, 0.4) is 0 Å². The first kappa shape index (κ1) is 25.8. The smallest absolute Gasteiger partial charge is 0.313 e. The van der Waals surface area contributed by atoms with Crippen molar-refractivity contribution >= 4 is 78.0 Å². The molecule has 3 nitrogen and oxygen atoms in total. The Bertz CT molecular complexity index is 607. The molecule has 1 aromatic rings. The molecule has 8 heteroatoms. The van der Waals surface area contributed by atoms with Crippen molar-refractivity contribution in [2.45, 2.75) is 66.4 Å². The third-order valence-corrected chi connectivity index (χ3v) is 6.17. The molecule has 0 aliphatic rings. The minimum absolute atomic E-state index is 0.184. The number of hydrogen-bond donors (Lipinski definition) is 0. The zero-order chi connectivity index (χ0) is 20.9. The van der Waals surface area contributed by atoms with Crippen molar-refractivity contribution in [1.29, 1.82) is 0 Å². The fraction of sp³-hybridized carbons (Fsp3) is 0.632. The molecule has 0 amide bonds. The SMILES string of the molecule is CC(C)(CCC[C@H](C(=O)OCC(Br)(Br)Br)c1ccc(Br)cc1)O[Si](C)(C)C. The van der Waals surface area contributed by atoms with Crippen LogP contribution in [0.1, 0.15) is 44.6 Å². The van der Waals surface area contributed by atoms with E-state index in [4.69, 9.17) is 9.16 Å². The average molecular weight is 652 g/mol. The van der Waals surface area contributed by atoms with Gasteiger partial charge in [-0.1, -0.05) is 75.9 Å². The van der Waals surface area contributed by atoms with E-state index in [1.54, 1.807) is 0 Å². The van der Waals surface area contributed by atoms with Gasteiger partial charge in [0.2, 0.25) is 0 Å². The van der Waals surface area contributed by atoms with E-state index >= 15 is 0 Å². The van der Waals surface area contributed by atoms with Crippen LogP contribution in [0.15, 0.2) is 28.7 Å². The topological polar surface area (TPSA) is 35.5 Å². The molecule has 0 saturated carbocycles. The van der Waals surface area contributed by atoms with Gasteiger partial charge < -0.3 is 9.16 Å². The number of benzene rings is 1. The van der Waals surface area contributed by atoms with Gasteiger partial charge in [-0.15, -0.1) is 0 Å². The molecule has 0 aromatic heterocycles. The van der Waals surface area contributed by atoms with E-state index in [9.17, 15) is 4.79 Å². The summed E-state index contributed by atoms with van der Waals surface area (Å²) in [4.78, 5) is 12.7. The van der Waals surface area contributed by atoms with Crippen LogP contribution in [0, 0.1) is 0 Å². The summed E-state index contributed by atoms with van der Waals surface area (Å²) in [7, 11) is -1.61. The van der Waals surface area contributed by atoms with Crippen LogP contribution in [0.4, 0.5) is 0 Å². The molecule has 27 heavy (non-hydrogen) atoms. The van der Waals surface area contributed by atoms with E-state index < -0.39 is 10.5 Å². The number of alkyl halides is 3. The molecule has 0 aliphatic heterocycles. The summed E-state index contributed by atoms with van der Waals surface area (Å²) in [5, 5.41) is 0. The van der Waals surface area contributed by atoms with Crippen LogP contribution in [-0.4, -0.2) is 28.6 Å². The second-order valence-corrected chi connectivity index (χ2v) is 20.8. The fourth-order valence-electron chi connectivity index (χ4n) is 2.98. The van der Waals surface area contributed by atoms with Crippen molar-refractivity contribution in [2.75, 3.05) is 6.61 Å². The van der Waals surface area contributed by atoms with E-state index in [0.717, 1.165) is 29.3 Å². The number of ether oxygens (including phenoxy) is 1. The van der Waals surface area contributed by atoms with E-state index in [0.29, 0.717) is 0 Å². The molecule has 1 rings (SSSR count). The molecule has 0 fully saturated rings. The zero-order valence-corrected chi connectivity index (χ0v) is 23.8. The lowest BCUT2D eigenvalue weighted by Crippen LogP contribution is -2.38. The Kier molecular flexibility index (Phi) is 10.2. The first-order valence-corrected chi connectivity index (χ1v) is 15.5. The molecule has 0 radical (unpaired) electrons. The summed E-state index contributed by atoms with van der Waals surface area (Å²) in [6, 6.07) is 7.86. The quantitative estimate of drug-likeness (QED) is 0.156. The van der Waals surface area contributed by atoms with Gasteiger partial charge in [0.05, 0.1) is 11.5 Å². The maximum atomic E-state index is 12.7. The molecule has 0 bridgehead atoms. The van der Waals surface area contributed by atoms with Gasteiger partial charge in [-0.25, -0.2) is 0 Å². The lowest BCUT2D eigenvalue weighted by atomic mass is 9.91. The summed E-state index contributed by atoms with van der Waals surface area (Å²) < 4.78 is 12.2. The second kappa shape index (κ2) is 10.7. The number of rotatable bonds is 9. The Morgan fingerprint density at radius 3 is 2.15 bits per heavy atom. The highest BCUT2D eigenvalue weighted by Gasteiger charge is 2.29. The maximum absolute atomic E-state index is 12.7. The van der Waals surface area contributed by atoms with Crippen LogP contribution in [0.2, 0.25) is 19.6 Å². The van der Waals surface area contributed by atoms with Crippen LogP contribution in [0.5, 0.6) is 0 Å². The summed E-state index contributed by atoms with van der Waals surface area (Å²) in [5.74, 6) is -0.514. The molecule has 154 valence electrons. The molecule has 0 spiro atoms. The average Bonchev–Trinajstić information content (AvgIpc) is 2.47. The van der Waals surface area contributed by atoms with Gasteiger partial charge in [-0.2, -0.15) is 0 Å². The largest absolute Gasteiger partial charge is 0.462 e. The first-order valence-electron chi connectivity index (χ1n) is 8.88. The summed E-state index contributed by atoms with van der Waals surface area (Å²) in [6.07, 6.45) is 2.51. The predicted octanol–water partition coefficient (Wildman–Crippen LogP) is 7.71. The third-order valence-electron chi connectivity index (χ3n) is 3.79. The van der Waals surface area contributed by atoms with Crippen molar-refractivity contribution in [3.63, 3.8) is 0 Å². The minimum Gasteiger partial charge on any atom is -0.462 e.